The van der Waals surface area contributed by atoms with Crippen molar-refractivity contribution in [1.82, 2.24) is 9.78 Å². The van der Waals surface area contributed by atoms with E-state index in [1.165, 1.54) is 4.68 Å². The zero-order valence-corrected chi connectivity index (χ0v) is 9.99. The van der Waals surface area contributed by atoms with Gasteiger partial charge in [0, 0.05) is 7.05 Å². The summed E-state index contributed by atoms with van der Waals surface area (Å²) in [7, 11) is -1.97. The SMILES string of the molecule is CCc1cc(CS(=O)(=O)CC(=O)O)n(C)n1. The lowest BCUT2D eigenvalue weighted by Crippen LogP contribution is -2.18. The summed E-state index contributed by atoms with van der Waals surface area (Å²) in [6.07, 6.45) is 0.715. The van der Waals surface area contributed by atoms with Crippen molar-refractivity contribution in [2.45, 2.75) is 19.1 Å². The lowest BCUT2D eigenvalue weighted by atomic mass is 10.3. The molecule has 0 bridgehead atoms. The van der Waals surface area contributed by atoms with Crippen molar-refractivity contribution in [3.63, 3.8) is 0 Å². The van der Waals surface area contributed by atoms with Gasteiger partial charge in [-0.2, -0.15) is 5.10 Å². The molecule has 0 radical (unpaired) electrons. The molecule has 0 aliphatic carbocycles. The maximum absolute atomic E-state index is 11.4. The van der Waals surface area contributed by atoms with Crippen molar-refractivity contribution in [2.24, 2.45) is 7.05 Å². The quantitative estimate of drug-likeness (QED) is 0.788. The number of aromatic nitrogens is 2. The fraction of sp³-hybridized carbons (Fsp3) is 0.556. The summed E-state index contributed by atoms with van der Waals surface area (Å²) in [5.74, 6) is -2.47. The zero-order chi connectivity index (χ0) is 12.3. The van der Waals surface area contributed by atoms with Gasteiger partial charge in [0.2, 0.25) is 0 Å². The second-order valence-corrected chi connectivity index (χ2v) is 5.59. The van der Waals surface area contributed by atoms with Crippen molar-refractivity contribution in [2.75, 3.05) is 5.75 Å². The van der Waals surface area contributed by atoms with Crippen LogP contribution in [0.4, 0.5) is 0 Å². The highest BCUT2D eigenvalue weighted by Gasteiger charge is 2.19. The third kappa shape index (κ3) is 3.34. The number of aliphatic carboxylic acids is 1. The van der Waals surface area contributed by atoms with Crippen LogP contribution in [0.3, 0.4) is 0 Å². The molecular weight excluding hydrogens is 232 g/mol. The topological polar surface area (TPSA) is 89.3 Å². The van der Waals surface area contributed by atoms with Crippen LogP contribution >= 0.6 is 0 Å². The second kappa shape index (κ2) is 4.65. The summed E-state index contributed by atoms with van der Waals surface area (Å²) in [5.41, 5.74) is 1.31. The first-order valence-corrected chi connectivity index (χ1v) is 6.60. The van der Waals surface area contributed by atoms with Crippen LogP contribution in [-0.2, 0) is 33.9 Å². The molecule has 0 amide bonds. The van der Waals surface area contributed by atoms with E-state index in [9.17, 15) is 13.2 Å². The highest BCUT2D eigenvalue weighted by molar-refractivity contribution is 7.91. The van der Waals surface area contributed by atoms with Gasteiger partial charge in [0.25, 0.3) is 0 Å². The van der Waals surface area contributed by atoms with Crippen molar-refractivity contribution >= 4 is 15.8 Å². The van der Waals surface area contributed by atoms with Crippen molar-refractivity contribution in [3.8, 4) is 0 Å². The summed E-state index contributed by atoms with van der Waals surface area (Å²) in [4.78, 5) is 10.3. The second-order valence-electron chi connectivity index (χ2n) is 3.53. The minimum absolute atomic E-state index is 0.289. The largest absolute Gasteiger partial charge is 0.480 e. The molecule has 0 fully saturated rings. The van der Waals surface area contributed by atoms with Gasteiger partial charge in [-0.25, -0.2) is 8.42 Å². The van der Waals surface area contributed by atoms with Gasteiger partial charge in [0.1, 0.15) is 5.75 Å². The molecule has 1 aromatic heterocycles. The number of sulfone groups is 1. The molecule has 7 heteroatoms. The number of carboxylic acid groups (broad SMARTS) is 1. The molecule has 0 aliphatic heterocycles. The smallest absolute Gasteiger partial charge is 0.318 e. The Labute approximate surface area is 93.8 Å². The van der Waals surface area contributed by atoms with Crippen LogP contribution in [0, 0.1) is 0 Å². The van der Waals surface area contributed by atoms with E-state index in [-0.39, 0.29) is 5.75 Å². The molecule has 0 spiro atoms. The minimum atomic E-state index is -3.61. The van der Waals surface area contributed by atoms with Crippen LogP contribution in [0.2, 0.25) is 0 Å². The molecule has 0 saturated carbocycles. The van der Waals surface area contributed by atoms with Gasteiger partial charge in [-0.05, 0) is 12.5 Å². The summed E-state index contributed by atoms with van der Waals surface area (Å²) in [5, 5.41) is 12.5. The highest BCUT2D eigenvalue weighted by Crippen LogP contribution is 2.09. The van der Waals surface area contributed by atoms with E-state index in [2.05, 4.69) is 5.10 Å². The van der Waals surface area contributed by atoms with Crippen LogP contribution < -0.4 is 0 Å². The van der Waals surface area contributed by atoms with Gasteiger partial charge in [0.05, 0.1) is 17.1 Å². The Morgan fingerprint density at radius 3 is 2.62 bits per heavy atom. The van der Waals surface area contributed by atoms with Crippen LogP contribution in [0.15, 0.2) is 6.07 Å². The summed E-state index contributed by atoms with van der Waals surface area (Å²) >= 11 is 0. The molecule has 0 aliphatic rings. The minimum Gasteiger partial charge on any atom is -0.480 e. The number of hydrogen-bond donors (Lipinski definition) is 1. The number of hydrogen-bond acceptors (Lipinski definition) is 4. The molecule has 1 rings (SSSR count). The van der Waals surface area contributed by atoms with Crippen LogP contribution in [0.25, 0.3) is 0 Å². The number of rotatable bonds is 5. The Balaban J connectivity index is 2.87. The third-order valence-corrected chi connectivity index (χ3v) is 3.52. The lowest BCUT2D eigenvalue weighted by molar-refractivity contribution is -0.134. The first-order valence-electron chi connectivity index (χ1n) is 4.78. The Morgan fingerprint density at radius 2 is 2.19 bits per heavy atom. The van der Waals surface area contributed by atoms with Gasteiger partial charge in [-0.1, -0.05) is 6.92 Å². The van der Waals surface area contributed by atoms with E-state index in [0.717, 1.165) is 5.69 Å². The van der Waals surface area contributed by atoms with Gasteiger partial charge in [-0.3, -0.25) is 9.48 Å². The first kappa shape index (κ1) is 12.7. The van der Waals surface area contributed by atoms with E-state index in [1.54, 1.807) is 13.1 Å². The third-order valence-electron chi connectivity index (χ3n) is 2.10. The zero-order valence-electron chi connectivity index (χ0n) is 9.17. The molecule has 0 atom stereocenters. The molecule has 1 aromatic rings. The predicted octanol–water partition coefficient (Wildman–Crippen LogP) is -0.0181. The van der Waals surface area contributed by atoms with E-state index >= 15 is 0 Å². The fourth-order valence-electron chi connectivity index (χ4n) is 1.34. The molecule has 90 valence electrons. The maximum Gasteiger partial charge on any atom is 0.318 e. The predicted molar refractivity (Wildman–Crippen MR) is 57.7 cm³/mol. The summed E-state index contributed by atoms with van der Waals surface area (Å²) in [6.45, 7) is 1.91. The van der Waals surface area contributed by atoms with Gasteiger partial charge in [-0.15, -0.1) is 0 Å². The monoisotopic (exact) mass is 246 g/mol. The normalized spacial score (nSPS) is 11.6. The van der Waals surface area contributed by atoms with Crippen LogP contribution in [0.1, 0.15) is 18.3 Å². The van der Waals surface area contributed by atoms with Crippen molar-refractivity contribution < 1.29 is 18.3 Å². The Hall–Kier alpha value is -1.37. The van der Waals surface area contributed by atoms with Crippen LogP contribution in [0.5, 0.6) is 0 Å². The maximum atomic E-state index is 11.4. The van der Waals surface area contributed by atoms with Gasteiger partial charge in [0.15, 0.2) is 9.84 Å². The van der Waals surface area contributed by atoms with E-state index in [1.807, 2.05) is 6.92 Å². The first-order chi connectivity index (χ1) is 7.34. The molecule has 0 aromatic carbocycles. The number of aryl methyl sites for hydroxylation is 2. The molecular formula is C9H14N2O4S. The Bertz CT molecular complexity index is 490. The summed E-state index contributed by atoms with van der Waals surface area (Å²) in [6, 6.07) is 1.68. The van der Waals surface area contributed by atoms with Crippen molar-refractivity contribution in [3.05, 3.63) is 17.5 Å². The summed E-state index contributed by atoms with van der Waals surface area (Å²) < 4.78 is 24.3. The van der Waals surface area contributed by atoms with Gasteiger partial charge >= 0.3 is 5.97 Å². The fourth-order valence-corrected chi connectivity index (χ4v) is 2.54. The molecule has 16 heavy (non-hydrogen) atoms. The number of carbonyl (C=O) groups is 1. The lowest BCUT2D eigenvalue weighted by Gasteiger charge is -2.01. The molecule has 0 saturated heterocycles. The average molecular weight is 246 g/mol. The molecule has 1 heterocycles. The number of carboxylic acids is 1. The highest BCUT2D eigenvalue weighted by atomic mass is 32.2. The Morgan fingerprint density at radius 1 is 1.56 bits per heavy atom. The van der Waals surface area contributed by atoms with E-state index in [0.29, 0.717) is 12.1 Å². The van der Waals surface area contributed by atoms with Crippen LogP contribution in [-0.4, -0.2) is 35.0 Å². The Kier molecular flexibility index (Phi) is 3.69. The average Bonchev–Trinajstić information content (AvgIpc) is 2.44. The van der Waals surface area contributed by atoms with Gasteiger partial charge < -0.3 is 5.11 Å². The van der Waals surface area contributed by atoms with E-state index in [4.69, 9.17) is 5.11 Å². The van der Waals surface area contributed by atoms with Crippen molar-refractivity contribution in [1.29, 1.82) is 0 Å². The standard InChI is InChI=1S/C9H14N2O4S/c1-3-7-4-8(11(2)10-7)5-16(14,15)6-9(12)13/h4H,3,5-6H2,1-2H3,(H,12,13). The van der Waals surface area contributed by atoms with E-state index < -0.39 is 21.6 Å². The molecule has 6 nitrogen and oxygen atoms in total. The number of nitrogens with zero attached hydrogens (tertiary/aromatic N) is 2. The molecule has 0 unspecified atom stereocenters. The molecule has 1 N–H and O–H groups in total.